The molecule has 198 valence electrons. The van der Waals surface area contributed by atoms with Crippen LogP contribution in [0.15, 0.2) is 54.7 Å². The maximum atomic E-state index is 12.3. The molecular formula is C29H30N2O7. The fourth-order valence-electron chi connectivity index (χ4n) is 4.25. The van der Waals surface area contributed by atoms with Crippen LogP contribution in [-0.4, -0.2) is 44.6 Å². The van der Waals surface area contributed by atoms with Crippen molar-refractivity contribution in [1.82, 2.24) is 4.98 Å². The topological polar surface area (TPSA) is 99.6 Å². The van der Waals surface area contributed by atoms with Crippen molar-refractivity contribution < 1.29 is 33.6 Å². The van der Waals surface area contributed by atoms with E-state index >= 15 is 0 Å². The normalized spacial score (nSPS) is 10.7. The lowest BCUT2D eigenvalue weighted by molar-refractivity contribution is 0.201. The summed E-state index contributed by atoms with van der Waals surface area (Å²) in [5, 5.41) is 10.8. The number of pyridine rings is 1. The molecule has 4 aromatic rings. The van der Waals surface area contributed by atoms with Crippen molar-refractivity contribution in [2.75, 3.05) is 33.3 Å². The molecule has 0 saturated carbocycles. The van der Waals surface area contributed by atoms with E-state index in [0.717, 1.165) is 22.1 Å². The molecule has 0 saturated heterocycles. The number of nitrogens with zero attached hydrogens (tertiary/aromatic N) is 2. The smallest absolute Gasteiger partial charge is 0.412 e. The molecule has 0 atom stereocenters. The third-order valence-electron chi connectivity index (χ3n) is 6.23. The predicted octanol–water partition coefficient (Wildman–Crippen LogP) is 6.36. The number of aryl methyl sites for hydroxylation is 2. The van der Waals surface area contributed by atoms with Gasteiger partial charge in [-0.15, -0.1) is 0 Å². The van der Waals surface area contributed by atoms with Gasteiger partial charge in [-0.3, -0.25) is 9.88 Å². The van der Waals surface area contributed by atoms with Gasteiger partial charge in [0.15, 0.2) is 23.0 Å². The first-order valence-electron chi connectivity index (χ1n) is 11.8. The number of carbonyl (C=O) groups is 1. The Bertz CT molecular complexity index is 1490. The average Bonchev–Trinajstić information content (AvgIpc) is 2.92. The lowest BCUT2D eigenvalue weighted by Crippen LogP contribution is -2.29. The summed E-state index contributed by atoms with van der Waals surface area (Å²) in [5.74, 6) is 3.44. The third kappa shape index (κ3) is 5.22. The molecule has 0 unspecified atom stereocenters. The minimum Gasteiger partial charge on any atom is -0.493 e. The van der Waals surface area contributed by atoms with Crippen molar-refractivity contribution in [3.63, 3.8) is 0 Å². The standard InChI is InChI=1S/C29H30N2O7/c1-17-12-25(38-23-9-10-30-21-15-28(37-6)27(36-5)14-20(21)23)18(2)11-22(17)31(29(32)33)16-19-7-8-24(34-3)26(13-19)35-4/h7-15H,16H2,1-6H3,(H,32,33). The molecule has 38 heavy (non-hydrogen) atoms. The van der Waals surface area contributed by atoms with Gasteiger partial charge in [-0.25, -0.2) is 4.79 Å². The highest BCUT2D eigenvalue weighted by molar-refractivity contribution is 5.89. The summed E-state index contributed by atoms with van der Waals surface area (Å²) in [5.41, 5.74) is 3.52. The van der Waals surface area contributed by atoms with Gasteiger partial charge in [-0.1, -0.05) is 6.07 Å². The van der Waals surface area contributed by atoms with E-state index in [4.69, 9.17) is 23.7 Å². The van der Waals surface area contributed by atoms with E-state index in [-0.39, 0.29) is 6.54 Å². The van der Waals surface area contributed by atoms with Gasteiger partial charge in [0.2, 0.25) is 0 Å². The van der Waals surface area contributed by atoms with Crippen molar-refractivity contribution in [3.05, 3.63) is 71.4 Å². The molecule has 1 amide bonds. The van der Waals surface area contributed by atoms with Gasteiger partial charge < -0.3 is 28.8 Å². The van der Waals surface area contributed by atoms with E-state index in [1.165, 1.54) is 4.90 Å². The molecule has 1 N–H and O–H groups in total. The number of ether oxygens (including phenoxy) is 5. The van der Waals surface area contributed by atoms with E-state index in [1.807, 2.05) is 38.1 Å². The Labute approximate surface area is 221 Å². The first kappa shape index (κ1) is 26.4. The van der Waals surface area contributed by atoms with Crippen molar-refractivity contribution >= 4 is 22.7 Å². The third-order valence-corrected chi connectivity index (χ3v) is 6.23. The second kappa shape index (κ2) is 11.2. The van der Waals surface area contributed by atoms with Crippen molar-refractivity contribution in [3.8, 4) is 34.5 Å². The van der Waals surface area contributed by atoms with Crippen LogP contribution in [0.1, 0.15) is 16.7 Å². The van der Waals surface area contributed by atoms with Crippen LogP contribution in [0.25, 0.3) is 10.9 Å². The molecule has 0 aliphatic rings. The van der Waals surface area contributed by atoms with Crippen LogP contribution in [0, 0.1) is 13.8 Å². The van der Waals surface area contributed by atoms with Gasteiger partial charge in [-0.2, -0.15) is 0 Å². The van der Waals surface area contributed by atoms with Crippen LogP contribution in [0.3, 0.4) is 0 Å². The fraction of sp³-hybridized carbons (Fsp3) is 0.241. The molecule has 0 aliphatic carbocycles. The van der Waals surface area contributed by atoms with E-state index in [2.05, 4.69) is 4.98 Å². The maximum absolute atomic E-state index is 12.3. The van der Waals surface area contributed by atoms with Crippen LogP contribution < -0.4 is 28.6 Å². The first-order chi connectivity index (χ1) is 18.3. The highest BCUT2D eigenvalue weighted by atomic mass is 16.5. The minimum atomic E-state index is -1.07. The largest absolute Gasteiger partial charge is 0.493 e. The molecule has 0 aliphatic heterocycles. The minimum absolute atomic E-state index is 0.132. The molecule has 0 bridgehead atoms. The van der Waals surface area contributed by atoms with Crippen LogP contribution in [0.2, 0.25) is 0 Å². The molecule has 0 spiro atoms. The number of methoxy groups -OCH3 is 4. The molecule has 3 aromatic carbocycles. The summed E-state index contributed by atoms with van der Waals surface area (Å²) >= 11 is 0. The van der Waals surface area contributed by atoms with Gasteiger partial charge in [-0.05, 0) is 66.9 Å². The molecule has 9 heteroatoms. The molecule has 0 fully saturated rings. The number of hydrogen-bond donors (Lipinski definition) is 1. The summed E-state index contributed by atoms with van der Waals surface area (Å²) in [7, 11) is 6.24. The quantitative estimate of drug-likeness (QED) is 0.273. The Hall–Kier alpha value is -4.66. The summed E-state index contributed by atoms with van der Waals surface area (Å²) in [4.78, 5) is 18.0. The molecule has 1 heterocycles. The Morgan fingerprint density at radius 3 is 2.08 bits per heavy atom. The summed E-state index contributed by atoms with van der Waals surface area (Å²) in [6.07, 6.45) is 0.590. The number of carboxylic acid groups (broad SMARTS) is 1. The van der Waals surface area contributed by atoms with Gasteiger partial charge in [0.25, 0.3) is 0 Å². The predicted molar refractivity (Wildman–Crippen MR) is 145 cm³/mol. The van der Waals surface area contributed by atoms with Crippen LogP contribution >= 0.6 is 0 Å². The average molecular weight is 519 g/mol. The second-order valence-electron chi connectivity index (χ2n) is 8.60. The maximum Gasteiger partial charge on any atom is 0.412 e. The summed E-state index contributed by atoms with van der Waals surface area (Å²) < 4.78 is 27.8. The van der Waals surface area contributed by atoms with Gasteiger partial charge in [0, 0.05) is 17.6 Å². The van der Waals surface area contributed by atoms with Crippen LogP contribution in [0.4, 0.5) is 10.5 Å². The molecule has 9 nitrogen and oxygen atoms in total. The fourth-order valence-corrected chi connectivity index (χ4v) is 4.25. The Balaban J connectivity index is 1.68. The number of aromatic nitrogens is 1. The van der Waals surface area contributed by atoms with Gasteiger partial charge in [0.05, 0.1) is 46.2 Å². The zero-order valence-electron chi connectivity index (χ0n) is 22.2. The number of hydrogen-bond acceptors (Lipinski definition) is 7. The second-order valence-corrected chi connectivity index (χ2v) is 8.60. The Morgan fingerprint density at radius 2 is 1.42 bits per heavy atom. The number of amides is 1. The zero-order valence-corrected chi connectivity index (χ0v) is 22.2. The van der Waals surface area contributed by atoms with Crippen molar-refractivity contribution in [2.24, 2.45) is 0 Å². The van der Waals surface area contributed by atoms with E-state index < -0.39 is 6.09 Å². The van der Waals surface area contributed by atoms with Crippen LogP contribution in [0.5, 0.6) is 34.5 Å². The Morgan fingerprint density at radius 1 is 0.763 bits per heavy atom. The molecule has 4 rings (SSSR count). The molecular weight excluding hydrogens is 488 g/mol. The Kier molecular flexibility index (Phi) is 7.76. The highest BCUT2D eigenvalue weighted by Gasteiger charge is 2.20. The SMILES string of the molecule is COc1ccc(CN(C(=O)O)c2cc(C)c(Oc3ccnc4cc(OC)c(OC)cc34)cc2C)cc1OC. The van der Waals surface area contributed by atoms with Crippen molar-refractivity contribution in [2.45, 2.75) is 20.4 Å². The van der Waals surface area contributed by atoms with Crippen molar-refractivity contribution in [1.29, 1.82) is 0 Å². The van der Waals surface area contributed by atoms with Gasteiger partial charge in [0.1, 0.15) is 11.5 Å². The number of fused-ring (bicyclic) bond motifs is 1. The first-order valence-corrected chi connectivity index (χ1v) is 11.8. The lowest BCUT2D eigenvalue weighted by atomic mass is 10.1. The van der Waals surface area contributed by atoms with E-state index in [1.54, 1.807) is 58.9 Å². The van der Waals surface area contributed by atoms with Gasteiger partial charge >= 0.3 is 6.09 Å². The lowest BCUT2D eigenvalue weighted by Gasteiger charge is -2.23. The monoisotopic (exact) mass is 518 g/mol. The highest BCUT2D eigenvalue weighted by Crippen LogP contribution is 2.39. The number of anilines is 1. The molecule has 1 aromatic heterocycles. The zero-order chi connectivity index (χ0) is 27.4. The molecule has 0 radical (unpaired) electrons. The number of rotatable bonds is 9. The summed E-state index contributed by atoms with van der Waals surface area (Å²) in [6, 6.07) is 14.4. The summed E-state index contributed by atoms with van der Waals surface area (Å²) in [6.45, 7) is 3.86. The van der Waals surface area contributed by atoms with E-state index in [0.29, 0.717) is 45.7 Å². The van der Waals surface area contributed by atoms with E-state index in [9.17, 15) is 9.90 Å². The van der Waals surface area contributed by atoms with Crippen LogP contribution in [-0.2, 0) is 6.54 Å². The number of benzene rings is 3.